The number of nitro benzene ring substituents is 1. The van der Waals surface area contributed by atoms with Crippen molar-refractivity contribution >= 4 is 11.4 Å². The molecule has 1 aliphatic heterocycles. The van der Waals surface area contributed by atoms with E-state index in [0.717, 1.165) is 18.7 Å². The molecule has 4 nitrogen and oxygen atoms in total. The largest absolute Gasteiger partial charge is 0.365 e. The first-order valence-corrected chi connectivity index (χ1v) is 6.80. The zero-order valence-corrected chi connectivity index (χ0v) is 12.4. The smallest absolute Gasteiger partial charge is 0.271 e. The Morgan fingerprint density at radius 3 is 2.42 bits per heavy atom. The molecule has 0 N–H and O–H groups in total. The number of hydrogen-bond donors (Lipinski definition) is 0. The molecule has 1 aliphatic rings. The molecule has 0 aromatic heterocycles. The minimum absolute atomic E-state index is 0.0212. The van der Waals surface area contributed by atoms with E-state index in [4.69, 9.17) is 0 Å². The van der Waals surface area contributed by atoms with Gasteiger partial charge in [0.05, 0.1) is 4.92 Å². The quantitative estimate of drug-likeness (QED) is 0.613. The fourth-order valence-corrected chi connectivity index (χ4v) is 2.98. The molecule has 0 atom stereocenters. The van der Waals surface area contributed by atoms with Crippen molar-refractivity contribution in [2.45, 2.75) is 52.0 Å². The third-order valence-corrected chi connectivity index (χ3v) is 4.81. The van der Waals surface area contributed by atoms with E-state index in [2.05, 4.69) is 39.5 Å². The van der Waals surface area contributed by atoms with E-state index in [0.29, 0.717) is 0 Å². The van der Waals surface area contributed by atoms with Crippen molar-refractivity contribution < 1.29 is 4.92 Å². The average Bonchev–Trinajstić information content (AvgIpc) is 2.47. The van der Waals surface area contributed by atoms with Crippen LogP contribution in [0.2, 0.25) is 0 Å². The van der Waals surface area contributed by atoms with E-state index in [1.165, 1.54) is 5.56 Å². The van der Waals surface area contributed by atoms with Gasteiger partial charge in [-0.2, -0.15) is 0 Å². The fraction of sp³-hybridized carbons (Fsp3) is 0.600. The molecule has 0 aliphatic carbocycles. The summed E-state index contributed by atoms with van der Waals surface area (Å²) in [6.07, 6.45) is 1.03. The van der Waals surface area contributed by atoms with E-state index in [9.17, 15) is 10.1 Å². The lowest BCUT2D eigenvalue weighted by atomic mass is 9.72. The summed E-state index contributed by atoms with van der Waals surface area (Å²) in [7, 11) is 0. The van der Waals surface area contributed by atoms with Gasteiger partial charge in [0.2, 0.25) is 0 Å². The Bertz CT molecular complexity index is 521. The lowest BCUT2D eigenvalue weighted by Gasteiger charge is -2.42. The molecule has 0 amide bonds. The number of benzene rings is 1. The summed E-state index contributed by atoms with van der Waals surface area (Å²) >= 11 is 0. The van der Waals surface area contributed by atoms with Crippen LogP contribution < -0.4 is 4.90 Å². The summed E-state index contributed by atoms with van der Waals surface area (Å²) in [5.74, 6) is 0. The molecule has 0 radical (unpaired) electrons. The number of rotatable bonds is 3. The highest BCUT2D eigenvalue weighted by Gasteiger charge is 2.50. The van der Waals surface area contributed by atoms with E-state index >= 15 is 0 Å². The van der Waals surface area contributed by atoms with Crippen molar-refractivity contribution in [2.75, 3.05) is 11.4 Å². The lowest BCUT2D eigenvalue weighted by Crippen LogP contribution is -2.51. The first-order valence-electron chi connectivity index (χ1n) is 6.80. The van der Waals surface area contributed by atoms with Gasteiger partial charge in [-0.1, -0.05) is 20.8 Å². The third-order valence-electron chi connectivity index (χ3n) is 4.81. The van der Waals surface area contributed by atoms with Gasteiger partial charge in [-0.3, -0.25) is 10.1 Å². The highest BCUT2D eigenvalue weighted by molar-refractivity contribution is 5.69. The summed E-state index contributed by atoms with van der Waals surface area (Å²) in [4.78, 5) is 13.0. The SMILES string of the molecule is CCCN1c2cc([N+](=O)[O-])ccc2C(C)(C)C1(C)C. The van der Waals surface area contributed by atoms with Crippen molar-refractivity contribution in [3.05, 3.63) is 33.9 Å². The predicted octanol–water partition coefficient (Wildman–Crippen LogP) is 3.88. The summed E-state index contributed by atoms with van der Waals surface area (Å²) in [5.41, 5.74) is 2.34. The Hall–Kier alpha value is -1.58. The number of non-ortho nitro benzene ring substituents is 1. The second-order valence-electron chi connectivity index (χ2n) is 6.29. The van der Waals surface area contributed by atoms with Gasteiger partial charge in [0.25, 0.3) is 5.69 Å². The zero-order valence-electron chi connectivity index (χ0n) is 12.4. The molecular formula is C15H22N2O2. The number of fused-ring (bicyclic) bond motifs is 1. The first kappa shape index (κ1) is 13.8. The Balaban J connectivity index is 2.62. The van der Waals surface area contributed by atoms with Crippen LogP contribution in [0.3, 0.4) is 0 Å². The summed E-state index contributed by atoms with van der Waals surface area (Å²) < 4.78 is 0. The second-order valence-corrected chi connectivity index (χ2v) is 6.29. The van der Waals surface area contributed by atoms with Gasteiger partial charge in [0.1, 0.15) is 0 Å². The van der Waals surface area contributed by atoms with Gasteiger partial charge in [-0.15, -0.1) is 0 Å². The van der Waals surface area contributed by atoms with Crippen LogP contribution in [0.5, 0.6) is 0 Å². The van der Waals surface area contributed by atoms with E-state index in [-0.39, 0.29) is 21.6 Å². The highest BCUT2D eigenvalue weighted by atomic mass is 16.6. The number of nitro groups is 1. The Kier molecular flexibility index (Phi) is 3.07. The van der Waals surface area contributed by atoms with E-state index in [1.807, 2.05) is 6.07 Å². The number of nitrogens with zero attached hydrogens (tertiary/aromatic N) is 2. The molecule has 4 heteroatoms. The standard InChI is InChI=1S/C15H22N2O2/c1-6-9-16-13-10-11(17(18)19)7-8-12(13)14(2,3)15(16,4)5/h7-8,10H,6,9H2,1-5H3. The molecular weight excluding hydrogens is 240 g/mol. The molecule has 104 valence electrons. The molecule has 0 saturated heterocycles. The number of hydrogen-bond acceptors (Lipinski definition) is 3. The third kappa shape index (κ3) is 1.81. The first-order chi connectivity index (χ1) is 8.73. The van der Waals surface area contributed by atoms with Crippen LogP contribution in [-0.2, 0) is 5.41 Å². The van der Waals surface area contributed by atoms with Gasteiger partial charge >= 0.3 is 0 Å². The monoisotopic (exact) mass is 262 g/mol. The van der Waals surface area contributed by atoms with Gasteiger partial charge in [0, 0.05) is 35.3 Å². The van der Waals surface area contributed by atoms with Crippen LogP contribution in [-0.4, -0.2) is 17.0 Å². The van der Waals surface area contributed by atoms with Crippen LogP contribution in [0.15, 0.2) is 18.2 Å². The maximum absolute atomic E-state index is 11.0. The van der Waals surface area contributed by atoms with Crippen LogP contribution >= 0.6 is 0 Å². The summed E-state index contributed by atoms with van der Waals surface area (Å²) in [5, 5.41) is 11.0. The molecule has 2 rings (SSSR count). The van der Waals surface area contributed by atoms with Gasteiger partial charge in [-0.05, 0) is 31.9 Å². The Labute approximate surface area is 114 Å². The van der Waals surface area contributed by atoms with Crippen LogP contribution in [0.25, 0.3) is 0 Å². The summed E-state index contributed by atoms with van der Waals surface area (Å²) in [6, 6.07) is 5.26. The van der Waals surface area contributed by atoms with Crippen LogP contribution in [0, 0.1) is 10.1 Å². The molecule has 19 heavy (non-hydrogen) atoms. The molecule has 0 fully saturated rings. The van der Waals surface area contributed by atoms with Crippen molar-refractivity contribution in [1.82, 2.24) is 0 Å². The lowest BCUT2D eigenvalue weighted by molar-refractivity contribution is -0.384. The van der Waals surface area contributed by atoms with Crippen molar-refractivity contribution in [3.8, 4) is 0 Å². The van der Waals surface area contributed by atoms with Crippen molar-refractivity contribution in [3.63, 3.8) is 0 Å². The fourth-order valence-electron chi connectivity index (χ4n) is 2.98. The zero-order chi connectivity index (χ0) is 14.4. The maximum atomic E-state index is 11.0. The van der Waals surface area contributed by atoms with E-state index < -0.39 is 0 Å². The maximum Gasteiger partial charge on any atom is 0.271 e. The van der Waals surface area contributed by atoms with Gasteiger partial charge in [0.15, 0.2) is 0 Å². The second kappa shape index (κ2) is 4.22. The molecule has 0 bridgehead atoms. The minimum atomic E-state index is -0.317. The minimum Gasteiger partial charge on any atom is -0.365 e. The molecule has 1 aromatic carbocycles. The van der Waals surface area contributed by atoms with Crippen LogP contribution in [0.4, 0.5) is 11.4 Å². The normalized spacial score (nSPS) is 19.3. The highest BCUT2D eigenvalue weighted by Crippen LogP contribution is 2.52. The van der Waals surface area contributed by atoms with Gasteiger partial charge in [-0.25, -0.2) is 0 Å². The Morgan fingerprint density at radius 2 is 1.89 bits per heavy atom. The van der Waals surface area contributed by atoms with Gasteiger partial charge < -0.3 is 4.90 Å². The molecule has 1 heterocycles. The topological polar surface area (TPSA) is 46.4 Å². The average molecular weight is 262 g/mol. The van der Waals surface area contributed by atoms with Crippen molar-refractivity contribution in [1.29, 1.82) is 0 Å². The molecule has 0 saturated carbocycles. The molecule has 0 unspecified atom stereocenters. The Morgan fingerprint density at radius 1 is 1.26 bits per heavy atom. The molecule has 0 spiro atoms. The predicted molar refractivity (Wildman–Crippen MR) is 77.8 cm³/mol. The summed E-state index contributed by atoms with van der Waals surface area (Å²) in [6.45, 7) is 11.9. The van der Waals surface area contributed by atoms with E-state index in [1.54, 1.807) is 12.1 Å². The molecule has 1 aromatic rings. The van der Waals surface area contributed by atoms with Crippen molar-refractivity contribution in [2.24, 2.45) is 0 Å². The van der Waals surface area contributed by atoms with Crippen LogP contribution in [0.1, 0.15) is 46.6 Å². The number of anilines is 1.